The molecule has 0 fully saturated rings. The van der Waals surface area contributed by atoms with Crippen LogP contribution in [0.25, 0.3) is 0 Å². The maximum absolute atomic E-state index is 12.3. The number of para-hydroxylation sites is 1. The van der Waals surface area contributed by atoms with E-state index in [9.17, 15) is 4.79 Å². The fraction of sp³-hybridized carbons (Fsp3) is 0.333. The third-order valence-corrected chi connectivity index (χ3v) is 4.45. The third kappa shape index (κ3) is 4.85. The number of rotatable bonds is 8. The van der Waals surface area contributed by atoms with E-state index in [1.165, 1.54) is 5.56 Å². The van der Waals surface area contributed by atoms with Crippen LogP contribution >= 0.6 is 0 Å². The summed E-state index contributed by atoms with van der Waals surface area (Å²) in [5.41, 5.74) is 3.28. The second-order valence-corrected chi connectivity index (χ2v) is 6.29. The van der Waals surface area contributed by atoms with Gasteiger partial charge >= 0.3 is 0 Å². The summed E-state index contributed by atoms with van der Waals surface area (Å²) in [4.78, 5) is 17.6. The molecule has 5 heteroatoms. The molecule has 0 spiro atoms. The fourth-order valence-corrected chi connectivity index (χ4v) is 2.99. The molecule has 5 nitrogen and oxygen atoms in total. The molecule has 2 aromatic rings. The quantitative estimate of drug-likeness (QED) is 0.794. The Balaban J connectivity index is 1.40. The Bertz CT molecular complexity index is 759. The zero-order valence-electron chi connectivity index (χ0n) is 15.0. The zero-order chi connectivity index (χ0) is 18.2. The highest BCUT2D eigenvalue weighted by atomic mass is 16.6. The first kappa shape index (κ1) is 18.0. The minimum absolute atomic E-state index is 0.113. The molecule has 0 aliphatic carbocycles. The molecule has 2 aromatic carbocycles. The smallest absolute Gasteiger partial charge is 0.264 e. The highest BCUT2D eigenvalue weighted by Crippen LogP contribution is 2.18. The number of methoxy groups -OCH3 is 1. The van der Waals surface area contributed by atoms with Gasteiger partial charge in [0.05, 0.1) is 12.8 Å². The standard InChI is InChI=1S/C21H24N2O3/c1-25-19-10-6-5-9-17(19)13-14-22-21(24)20-15-18(23-26-20)12-11-16-7-3-2-4-8-16/h2-10,20H,11-15H2,1H3,(H,22,24)/t20-/m1/s1. The molecule has 1 aliphatic rings. The molecular formula is C21H24N2O3. The van der Waals surface area contributed by atoms with Crippen molar-refractivity contribution in [2.75, 3.05) is 13.7 Å². The summed E-state index contributed by atoms with van der Waals surface area (Å²) < 4.78 is 5.32. The zero-order valence-corrected chi connectivity index (χ0v) is 15.0. The first-order valence-corrected chi connectivity index (χ1v) is 8.91. The van der Waals surface area contributed by atoms with Gasteiger partial charge in [0.2, 0.25) is 6.10 Å². The van der Waals surface area contributed by atoms with E-state index >= 15 is 0 Å². The Morgan fingerprint density at radius 3 is 2.69 bits per heavy atom. The number of oxime groups is 1. The SMILES string of the molecule is COc1ccccc1CCNC(=O)[C@H]1CC(CCc2ccccc2)=NO1. The maximum Gasteiger partial charge on any atom is 0.264 e. The predicted molar refractivity (Wildman–Crippen MR) is 101 cm³/mol. The molecule has 1 aliphatic heterocycles. The van der Waals surface area contributed by atoms with Crippen LogP contribution in [0.2, 0.25) is 0 Å². The van der Waals surface area contributed by atoms with Gasteiger partial charge in [-0.2, -0.15) is 0 Å². The molecule has 1 heterocycles. The molecular weight excluding hydrogens is 328 g/mol. The van der Waals surface area contributed by atoms with E-state index in [1.807, 2.05) is 42.5 Å². The lowest BCUT2D eigenvalue weighted by Crippen LogP contribution is -2.36. The van der Waals surface area contributed by atoms with Crippen LogP contribution in [0.4, 0.5) is 0 Å². The van der Waals surface area contributed by atoms with Gasteiger partial charge in [0.25, 0.3) is 5.91 Å². The minimum atomic E-state index is -0.515. The molecule has 0 unspecified atom stereocenters. The van der Waals surface area contributed by atoms with Crippen LogP contribution in [-0.4, -0.2) is 31.4 Å². The number of amides is 1. The molecule has 3 rings (SSSR count). The molecule has 1 atom stereocenters. The molecule has 0 bridgehead atoms. The van der Waals surface area contributed by atoms with E-state index in [2.05, 4.69) is 22.6 Å². The predicted octanol–water partition coefficient (Wildman–Crippen LogP) is 3.13. The number of nitrogens with zero attached hydrogens (tertiary/aromatic N) is 1. The van der Waals surface area contributed by atoms with Crippen LogP contribution in [0.15, 0.2) is 59.8 Å². The Kier molecular flexibility index (Phi) is 6.25. The molecule has 0 saturated heterocycles. The number of ether oxygens (including phenoxy) is 1. The van der Waals surface area contributed by atoms with Gasteiger partial charge in [-0.3, -0.25) is 4.79 Å². The molecule has 0 saturated carbocycles. The molecule has 0 aromatic heterocycles. The fourth-order valence-electron chi connectivity index (χ4n) is 2.99. The third-order valence-electron chi connectivity index (χ3n) is 4.45. The number of carbonyl (C=O) groups excluding carboxylic acids is 1. The van der Waals surface area contributed by atoms with E-state index in [0.29, 0.717) is 19.4 Å². The van der Waals surface area contributed by atoms with Crippen molar-refractivity contribution in [2.45, 2.75) is 31.8 Å². The van der Waals surface area contributed by atoms with E-state index in [1.54, 1.807) is 7.11 Å². The molecule has 26 heavy (non-hydrogen) atoms. The number of carbonyl (C=O) groups is 1. The van der Waals surface area contributed by atoms with Gasteiger partial charge < -0.3 is 14.9 Å². The highest BCUT2D eigenvalue weighted by Gasteiger charge is 2.27. The van der Waals surface area contributed by atoms with Crippen molar-refractivity contribution < 1.29 is 14.4 Å². The van der Waals surface area contributed by atoms with Gasteiger partial charge in [0, 0.05) is 13.0 Å². The van der Waals surface area contributed by atoms with Crippen molar-refractivity contribution in [3.63, 3.8) is 0 Å². The number of hydrogen-bond donors (Lipinski definition) is 1. The number of nitrogens with one attached hydrogen (secondary N) is 1. The lowest BCUT2D eigenvalue weighted by Gasteiger charge is -2.11. The van der Waals surface area contributed by atoms with Crippen molar-refractivity contribution in [3.8, 4) is 5.75 Å². The normalized spacial score (nSPS) is 15.9. The van der Waals surface area contributed by atoms with Gasteiger partial charge in [-0.25, -0.2) is 0 Å². The van der Waals surface area contributed by atoms with Crippen molar-refractivity contribution in [1.82, 2.24) is 5.32 Å². The minimum Gasteiger partial charge on any atom is -0.496 e. The second kappa shape index (κ2) is 9.04. The van der Waals surface area contributed by atoms with E-state index in [-0.39, 0.29) is 5.91 Å². The Morgan fingerprint density at radius 1 is 1.12 bits per heavy atom. The molecule has 1 N–H and O–H groups in total. The van der Waals surface area contributed by atoms with Crippen LogP contribution in [0, 0.1) is 0 Å². The first-order valence-electron chi connectivity index (χ1n) is 8.91. The van der Waals surface area contributed by atoms with Gasteiger partial charge in [0.1, 0.15) is 5.75 Å². The maximum atomic E-state index is 12.3. The van der Waals surface area contributed by atoms with Gasteiger partial charge in [-0.15, -0.1) is 0 Å². The monoisotopic (exact) mass is 352 g/mol. The Morgan fingerprint density at radius 2 is 1.88 bits per heavy atom. The van der Waals surface area contributed by atoms with Crippen LogP contribution in [-0.2, 0) is 22.5 Å². The highest BCUT2D eigenvalue weighted by molar-refractivity contribution is 5.92. The van der Waals surface area contributed by atoms with Crippen LogP contribution in [0.5, 0.6) is 5.75 Å². The summed E-state index contributed by atoms with van der Waals surface area (Å²) in [6.45, 7) is 0.540. The van der Waals surface area contributed by atoms with Crippen molar-refractivity contribution in [3.05, 3.63) is 65.7 Å². The van der Waals surface area contributed by atoms with Crippen LogP contribution < -0.4 is 10.1 Å². The molecule has 136 valence electrons. The Labute approximate surface area is 154 Å². The summed E-state index contributed by atoms with van der Waals surface area (Å²) in [7, 11) is 1.65. The second-order valence-electron chi connectivity index (χ2n) is 6.29. The molecule has 0 radical (unpaired) electrons. The average Bonchev–Trinajstić information content (AvgIpc) is 3.17. The number of benzene rings is 2. The van der Waals surface area contributed by atoms with Gasteiger partial charge in [-0.05, 0) is 36.5 Å². The lowest BCUT2D eigenvalue weighted by molar-refractivity contribution is -0.131. The summed E-state index contributed by atoms with van der Waals surface area (Å²) in [6, 6.07) is 18.1. The van der Waals surface area contributed by atoms with E-state index in [0.717, 1.165) is 29.9 Å². The number of aryl methyl sites for hydroxylation is 1. The van der Waals surface area contributed by atoms with Crippen LogP contribution in [0.3, 0.4) is 0 Å². The van der Waals surface area contributed by atoms with Crippen molar-refractivity contribution >= 4 is 11.6 Å². The van der Waals surface area contributed by atoms with E-state index < -0.39 is 6.10 Å². The largest absolute Gasteiger partial charge is 0.496 e. The topological polar surface area (TPSA) is 59.9 Å². The van der Waals surface area contributed by atoms with Gasteiger partial charge in [0.15, 0.2) is 0 Å². The molecule has 1 amide bonds. The summed E-state index contributed by atoms with van der Waals surface area (Å²) in [5.74, 6) is 0.726. The Hall–Kier alpha value is -2.82. The summed E-state index contributed by atoms with van der Waals surface area (Å²) in [6.07, 6.45) is 2.48. The summed E-state index contributed by atoms with van der Waals surface area (Å²) >= 11 is 0. The number of hydrogen-bond acceptors (Lipinski definition) is 4. The average molecular weight is 352 g/mol. The van der Waals surface area contributed by atoms with Crippen molar-refractivity contribution in [1.29, 1.82) is 0 Å². The lowest BCUT2D eigenvalue weighted by atomic mass is 10.0. The van der Waals surface area contributed by atoms with Crippen molar-refractivity contribution in [2.24, 2.45) is 5.16 Å². The summed E-state index contributed by atoms with van der Waals surface area (Å²) in [5, 5.41) is 7.01. The van der Waals surface area contributed by atoms with Crippen LogP contribution in [0.1, 0.15) is 24.0 Å². The van der Waals surface area contributed by atoms with Gasteiger partial charge in [-0.1, -0.05) is 53.7 Å². The first-order chi connectivity index (χ1) is 12.8. The van der Waals surface area contributed by atoms with E-state index in [4.69, 9.17) is 9.57 Å².